The molecule has 2 aromatic rings. The van der Waals surface area contributed by atoms with E-state index in [0.29, 0.717) is 31.4 Å². The summed E-state index contributed by atoms with van der Waals surface area (Å²) in [7, 11) is 0. The second kappa shape index (κ2) is 8.71. The molecule has 0 bridgehead atoms. The van der Waals surface area contributed by atoms with Gasteiger partial charge in [-0.2, -0.15) is 0 Å². The minimum Gasteiger partial charge on any atom is -0.390 e. The topological polar surface area (TPSA) is 94.9 Å². The Kier molecular flexibility index (Phi) is 6.14. The Hall–Kier alpha value is -1.77. The lowest BCUT2D eigenvalue weighted by molar-refractivity contribution is -0.118. The normalized spacial score (nSPS) is 30.6. The second-order valence-electron chi connectivity index (χ2n) is 11.0. The quantitative estimate of drug-likeness (QED) is 0.597. The number of benzene rings is 1. The number of hydrogen-bond donors (Lipinski definition) is 3. The molecule has 1 amide bonds. The first-order valence-electron chi connectivity index (χ1n) is 12.2. The zero-order valence-electron chi connectivity index (χ0n) is 20.1. The summed E-state index contributed by atoms with van der Waals surface area (Å²) in [4.78, 5) is 19.4. The number of aliphatic hydroxyl groups excluding tert-OH is 1. The van der Waals surface area contributed by atoms with E-state index in [-0.39, 0.29) is 23.3 Å². The third-order valence-electron chi connectivity index (χ3n) is 8.17. The van der Waals surface area contributed by atoms with Crippen LogP contribution in [0.5, 0.6) is 0 Å². The number of rotatable bonds is 5. The van der Waals surface area contributed by atoms with Crippen molar-refractivity contribution < 1.29 is 19.7 Å². The van der Waals surface area contributed by atoms with E-state index in [1.165, 1.54) is 0 Å². The number of carbonyl (C=O) groups excluding carboxylic acids is 1. The fraction of sp³-hybridized carbons (Fsp3) is 0.615. The number of pyridine rings is 1. The van der Waals surface area contributed by atoms with Gasteiger partial charge in [0.25, 0.3) is 0 Å². The van der Waals surface area contributed by atoms with Gasteiger partial charge >= 0.3 is 0 Å². The monoisotopic (exact) mass is 487 g/mol. The highest BCUT2D eigenvalue weighted by atomic mass is 35.5. The standard InChI is InChI=1S/C26H34ClN3O4/c1-25(2,33)20-11-19(20)24(32)29-23-10-16-8-18(21(27)9-17(16)12-28-23)15-4-6-30(7-5-15)26(3)14-34-13-22(26)31/h8-10,12,15,19-20,22,31,33H,4-7,11,13-14H2,1-3H3,(H,28,29,32)/t19?,20?,22-,26+/m1/s1. The van der Waals surface area contributed by atoms with E-state index in [0.717, 1.165) is 47.3 Å². The first kappa shape index (κ1) is 23.9. The molecule has 3 fully saturated rings. The molecule has 2 aliphatic heterocycles. The number of carbonyl (C=O) groups is 1. The molecule has 0 spiro atoms. The van der Waals surface area contributed by atoms with Crippen molar-refractivity contribution in [2.24, 2.45) is 11.8 Å². The molecule has 1 aliphatic carbocycles. The van der Waals surface area contributed by atoms with Gasteiger partial charge in [0.2, 0.25) is 5.91 Å². The van der Waals surface area contributed by atoms with E-state index >= 15 is 0 Å². The van der Waals surface area contributed by atoms with Crippen molar-refractivity contribution in [3.05, 3.63) is 35.0 Å². The zero-order valence-corrected chi connectivity index (χ0v) is 20.8. The SMILES string of the molecule is CC(C)(O)C1CC1C(=O)Nc1cc2cc(C3CCN([C@@]4(C)COC[C@H]4O)CC3)c(Cl)cc2cn1. The lowest BCUT2D eigenvalue weighted by Crippen LogP contribution is -2.56. The molecule has 4 atom stereocenters. The van der Waals surface area contributed by atoms with E-state index < -0.39 is 11.7 Å². The highest BCUT2D eigenvalue weighted by Gasteiger charge is 2.51. The van der Waals surface area contributed by atoms with Crippen LogP contribution in [0, 0.1) is 11.8 Å². The number of fused-ring (bicyclic) bond motifs is 1. The first-order chi connectivity index (χ1) is 16.1. The lowest BCUT2D eigenvalue weighted by Gasteiger charge is -2.43. The van der Waals surface area contributed by atoms with Gasteiger partial charge < -0.3 is 20.3 Å². The van der Waals surface area contributed by atoms with Gasteiger partial charge in [0, 0.05) is 22.5 Å². The number of ether oxygens (including phenoxy) is 1. The first-order valence-corrected chi connectivity index (χ1v) is 12.6. The lowest BCUT2D eigenvalue weighted by atomic mass is 9.85. The Bertz CT molecular complexity index is 1100. The number of amides is 1. The third kappa shape index (κ3) is 4.44. The summed E-state index contributed by atoms with van der Waals surface area (Å²) >= 11 is 6.69. The highest BCUT2D eigenvalue weighted by molar-refractivity contribution is 6.32. The summed E-state index contributed by atoms with van der Waals surface area (Å²) in [6, 6.07) is 5.98. The molecule has 1 aromatic carbocycles. The maximum absolute atomic E-state index is 12.6. The molecule has 2 saturated heterocycles. The van der Waals surface area contributed by atoms with Crippen LogP contribution in [0.15, 0.2) is 24.4 Å². The Labute approximate surface area is 205 Å². The van der Waals surface area contributed by atoms with Crippen molar-refractivity contribution in [1.82, 2.24) is 9.88 Å². The van der Waals surface area contributed by atoms with Crippen LogP contribution < -0.4 is 5.32 Å². The van der Waals surface area contributed by atoms with Gasteiger partial charge in [0.05, 0.1) is 30.5 Å². The number of halogens is 1. The van der Waals surface area contributed by atoms with Gasteiger partial charge in [-0.15, -0.1) is 0 Å². The maximum atomic E-state index is 12.6. The van der Waals surface area contributed by atoms with Gasteiger partial charge in [-0.05, 0) is 94.1 Å². The number of likely N-dealkylation sites (tertiary alicyclic amines) is 1. The molecule has 1 saturated carbocycles. The Morgan fingerprint density at radius 2 is 2.00 bits per heavy atom. The van der Waals surface area contributed by atoms with E-state index in [1.807, 2.05) is 12.1 Å². The molecule has 8 heteroatoms. The van der Waals surface area contributed by atoms with Gasteiger partial charge in [-0.25, -0.2) is 4.98 Å². The Balaban J connectivity index is 1.29. The maximum Gasteiger partial charge on any atom is 0.229 e. The van der Waals surface area contributed by atoms with Crippen molar-refractivity contribution in [2.75, 3.05) is 31.6 Å². The molecule has 2 unspecified atom stereocenters. The molecular weight excluding hydrogens is 454 g/mol. The van der Waals surface area contributed by atoms with Crippen LogP contribution in [-0.4, -0.2) is 69.6 Å². The van der Waals surface area contributed by atoms with Crippen molar-refractivity contribution >= 4 is 34.1 Å². The van der Waals surface area contributed by atoms with E-state index in [2.05, 4.69) is 28.2 Å². The van der Waals surface area contributed by atoms with Crippen LogP contribution in [-0.2, 0) is 9.53 Å². The Morgan fingerprint density at radius 1 is 1.26 bits per heavy atom. The van der Waals surface area contributed by atoms with E-state index in [4.69, 9.17) is 16.3 Å². The molecule has 3 N–H and O–H groups in total. The smallest absolute Gasteiger partial charge is 0.229 e. The van der Waals surface area contributed by atoms with Gasteiger partial charge in [0.1, 0.15) is 5.82 Å². The van der Waals surface area contributed by atoms with Gasteiger partial charge in [-0.3, -0.25) is 9.69 Å². The van der Waals surface area contributed by atoms with E-state index in [1.54, 1.807) is 20.0 Å². The third-order valence-corrected chi connectivity index (χ3v) is 8.50. The number of aromatic nitrogens is 1. The molecule has 3 heterocycles. The van der Waals surface area contributed by atoms with Crippen LogP contribution in [0.2, 0.25) is 5.02 Å². The van der Waals surface area contributed by atoms with Crippen molar-refractivity contribution in [2.45, 2.75) is 63.2 Å². The summed E-state index contributed by atoms with van der Waals surface area (Å²) in [6.07, 6.45) is 3.91. The highest BCUT2D eigenvalue weighted by Crippen LogP contribution is 2.47. The van der Waals surface area contributed by atoms with Crippen molar-refractivity contribution in [3.8, 4) is 0 Å². The summed E-state index contributed by atoms with van der Waals surface area (Å²) in [5.41, 5.74) is -0.0433. The minimum atomic E-state index is -0.847. The number of anilines is 1. The predicted octanol–water partition coefficient (Wildman–Crippen LogP) is 3.56. The molecule has 184 valence electrons. The predicted molar refractivity (Wildman–Crippen MR) is 132 cm³/mol. The average molecular weight is 488 g/mol. The van der Waals surface area contributed by atoms with Crippen LogP contribution in [0.1, 0.15) is 51.5 Å². The van der Waals surface area contributed by atoms with Gasteiger partial charge in [0.15, 0.2) is 0 Å². The fourth-order valence-corrected chi connectivity index (χ4v) is 6.03. The van der Waals surface area contributed by atoms with Crippen molar-refractivity contribution in [1.29, 1.82) is 0 Å². The van der Waals surface area contributed by atoms with Gasteiger partial charge in [-0.1, -0.05) is 11.6 Å². The molecule has 34 heavy (non-hydrogen) atoms. The number of nitrogens with one attached hydrogen (secondary N) is 1. The average Bonchev–Trinajstić information content (AvgIpc) is 3.54. The fourth-order valence-electron chi connectivity index (χ4n) is 5.71. The number of nitrogens with zero attached hydrogens (tertiary/aromatic N) is 2. The van der Waals surface area contributed by atoms with Crippen LogP contribution in [0.3, 0.4) is 0 Å². The molecule has 1 aromatic heterocycles. The number of aliphatic hydroxyl groups is 2. The summed E-state index contributed by atoms with van der Waals surface area (Å²) in [6.45, 7) is 8.32. The molecule has 5 rings (SSSR count). The molecule has 3 aliphatic rings. The minimum absolute atomic E-state index is 0.0107. The summed E-state index contributed by atoms with van der Waals surface area (Å²) in [5, 5.41) is 26.1. The number of hydrogen-bond acceptors (Lipinski definition) is 6. The summed E-state index contributed by atoms with van der Waals surface area (Å²) in [5.74, 6) is 0.580. The number of piperidine rings is 1. The second-order valence-corrected chi connectivity index (χ2v) is 11.4. The summed E-state index contributed by atoms with van der Waals surface area (Å²) < 4.78 is 5.52. The van der Waals surface area contributed by atoms with Crippen LogP contribution in [0.4, 0.5) is 5.82 Å². The van der Waals surface area contributed by atoms with Crippen LogP contribution >= 0.6 is 11.6 Å². The van der Waals surface area contributed by atoms with E-state index in [9.17, 15) is 15.0 Å². The van der Waals surface area contributed by atoms with Crippen molar-refractivity contribution in [3.63, 3.8) is 0 Å². The van der Waals surface area contributed by atoms with Crippen LogP contribution in [0.25, 0.3) is 10.8 Å². The Morgan fingerprint density at radius 3 is 2.62 bits per heavy atom. The largest absolute Gasteiger partial charge is 0.390 e. The molecule has 0 radical (unpaired) electrons. The molecule has 7 nitrogen and oxygen atoms in total. The zero-order chi connectivity index (χ0) is 24.3. The molecular formula is C26H34ClN3O4.